The molecule has 0 aliphatic carbocycles. The van der Waals surface area contributed by atoms with Gasteiger partial charge in [-0.2, -0.15) is 0 Å². The number of benzene rings is 2. The summed E-state index contributed by atoms with van der Waals surface area (Å²) >= 11 is 2.50. The van der Waals surface area contributed by atoms with Gasteiger partial charge in [-0.3, -0.25) is 0 Å². The Kier molecular flexibility index (Phi) is 5.66. The van der Waals surface area contributed by atoms with Crippen LogP contribution in [-0.4, -0.2) is 12.9 Å². The van der Waals surface area contributed by atoms with Crippen LogP contribution in [0, 0.1) is 0 Å². The zero-order chi connectivity index (χ0) is 14.5. The Balaban J connectivity index is 2.42. The summed E-state index contributed by atoms with van der Waals surface area (Å²) in [7, 11) is 0. The minimum absolute atomic E-state index is 0.226. The smallest absolute Gasteiger partial charge is 0.196 e. The van der Waals surface area contributed by atoms with Crippen molar-refractivity contribution in [3.05, 3.63) is 42.0 Å². The highest BCUT2D eigenvalue weighted by Gasteiger charge is 2.12. The van der Waals surface area contributed by atoms with Crippen molar-refractivity contribution in [2.45, 2.75) is 37.4 Å². The summed E-state index contributed by atoms with van der Waals surface area (Å²) in [6.45, 7) is 6.78. The maximum absolute atomic E-state index is 5.91. The lowest BCUT2D eigenvalue weighted by atomic mass is 10.0. The van der Waals surface area contributed by atoms with Gasteiger partial charge in [-0.25, -0.2) is 0 Å². The van der Waals surface area contributed by atoms with Crippen molar-refractivity contribution in [2.24, 2.45) is 0 Å². The highest BCUT2D eigenvalue weighted by atomic mass is 127. The maximum Gasteiger partial charge on any atom is 0.196 e. The molecule has 2 nitrogen and oxygen atoms in total. The summed E-state index contributed by atoms with van der Waals surface area (Å²) in [4.78, 5) is 0. The van der Waals surface area contributed by atoms with Crippen LogP contribution in [0.3, 0.4) is 0 Å². The number of rotatable bonds is 6. The molecule has 0 aliphatic heterocycles. The minimum atomic E-state index is -0.226. The average Bonchev–Trinajstić information content (AvgIpc) is 2.46. The molecule has 2 rings (SSSR count). The van der Waals surface area contributed by atoms with Gasteiger partial charge in [0.2, 0.25) is 0 Å². The van der Waals surface area contributed by atoms with Crippen LogP contribution >= 0.6 is 22.6 Å². The van der Waals surface area contributed by atoms with E-state index < -0.39 is 0 Å². The van der Waals surface area contributed by atoms with Gasteiger partial charge in [0.15, 0.2) is 6.29 Å². The lowest BCUT2D eigenvalue weighted by Crippen LogP contribution is -2.16. The Hall–Kier alpha value is -0.810. The second-order valence-corrected chi connectivity index (χ2v) is 6.22. The highest BCUT2D eigenvalue weighted by Crippen LogP contribution is 2.36. The van der Waals surface area contributed by atoms with Gasteiger partial charge < -0.3 is 9.47 Å². The van der Waals surface area contributed by atoms with Gasteiger partial charge in [0.25, 0.3) is 0 Å². The molecule has 2 aromatic rings. The Morgan fingerprint density at radius 1 is 1.05 bits per heavy atom. The first-order valence-electron chi connectivity index (χ1n) is 7.11. The Bertz CT molecular complexity index is 568. The number of hydrogen-bond acceptors (Lipinski definition) is 2. The topological polar surface area (TPSA) is 18.5 Å². The van der Waals surface area contributed by atoms with Crippen LogP contribution in [0.1, 0.15) is 36.7 Å². The van der Waals surface area contributed by atoms with Crippen molar-refractivity contribution in [1.29, 1.82) is 0 Å². The lowest BCUT2D eigenvalue weighted by molar-refractivity contribution is -0.0605. The number of hydrogen-bond donors (Lipinski definition) is 0. The molecule has 0 bridgehead atoms. The molecule has 0 saturated heterocycles. The maximum atomic E-state index is 5.91. The largest absolute Gasteiger partial charge is 0.465 e. The first-order valence-corrected chi connectivity index (χ1v) is 8.35. The van der Waals surface area contributed by atoms with E-state index in [1.54, 1.807) is 0 Å². The van der Waals surface area contributed by atoms with Crippen LogP contribution in [-0.2, 0) is 4.74 Å². The van der Waals surface area contributed by atoms with Crippen LogP contribution in [0.4, 0.5) is 0 Å². The number of fused-ring (bicyclic) bond motifs is 1. The van der Waals surface area contributed by atoms with Crippen LogP contribution in [0.2, 0.25) is 0 Å². The fourth-order valence-electron chi connectivity index (χ4n) is 2.35. The second kappa shape index (κ2) is 7.27. The van der Waals surface area contributed by atoms with E-state index in [4.69, 9.17) is 9.47 Å². The average molecular weight is 384 g/mol. The van der Waals surface area contributed by atoms with Crippen LogP contribution in [0.15, 0.2) is 36.4 Å². The van der Waals surface area contributed by atoms with Crippen molar-refractivity contribution in [3.63, 3.8) is 0 Å². The molecule has 0 spiro atoms. The molecule has 0 fully saturated rings. The molecule has 0 aliphatic rings. The zero-order valence-corrected chi connectivity index (χ0v) is 14.4. The SMILES string of the molecule is CCOC(C)Oc1cccc2c(C(I)CC)cccc12. The van der Waals surface area contributed by atoms with E-state index >= 15 is 0 Å². The molecular weight excluding hydrogens is 363 g/mol. The first kappa shape index (κ1) is 15.6. The zero-order valence-electron chi connectivity index (χ0n) is 12.2. The molecule has 2 unspecified atom stereocenters. The van der Waals surface area contributed by atoms with E-state index in [1.807, 2.05) is 19.9 Å². The molecule has 0 heterocycles. The van der Waals surface area contributed by atoms with Gasteiger partial charge in [0.1, 0.15) is 5.75 Å². The minimum Gasteiger partial charge on any atom is -0.465 e. The standard InChI is InChI=1S/C17H21IO2/c1-4-16(18)14-9-6-10-15-13(14)8-7-11-17(15)20-12(3)19-5-2/h6-12,16H,4-5H2,1-3H3. The molecule has 20 heavy (non-hydrogen) atoms. The van der Waals surface area contributed by atoms with Crippen molar-refractivity contribution in [2.75, 3.05) is 6.61 Å². The van der Waals surface area contributed by atoms with Gasteiger partial charge in [0, 0.05) is 15.9 Å². The summed E-state index contributed by atoms with van der Waals surface area (Å²) in [6, 6.07) is 12.7. The number of halogens is 1. The fourth-order valence-corrected chi connectivity index (χ4v) is 2.89. The Morgan fingerprint density at radius 3 is 2.45 bits per heavy atom. The summed E-state index contributed by atoms with van der Waals surface area (Å²) in [6.07, 6.45) is 0.899. The van der Waals surface area contributed by atoms with E-state index in [9.17, 15) is 0 Å². The summed E-state index contributed by atoms with van der Waals surface area (Å²) in [5.74, 6) is 0.894. The third-order valence-corrected chi connectivity index (χ3v) is 4.86. The molecular formula is C17H21IO2. The van der Waals surface area contributed by atoms with Crippen LogP contribution in [0.5, 0.6) is 5.75 Å². The predicted molar refractivity (Wildman–Crippen MR) is 92.7 cm³/mol. The van der Waals surface area contributed by atoms with Crippen molar-refractivity contribution in [1.82, 2.24) is 0 Å². The molecule has 2 aromatic carbocycles. The third kappa shape index (κ3) is 3.44. The first-order chi connectivity index (χ1) is 9.67. The van der Waals surface area contributed by atoms with Crippen molar-refractivity contribution < 1.29 is 9.47 Å². The van der Waals surface area contributed by atoms with Gasteiger partial charge in [-0.05, 0) is 37.3 Å². The normalized spacial score (nSPS) is 14.2. The predicted octanol–water partition coefficient (Wildman–Crippen LogP) is 5.49. The van der Waals surface area contributed by atoms with E-state index in [2.05, 4.69) is 59.8 Å². The molecule has 0 radical (unpaired) electrons. The van der Waals surface area contributed by atoms with Gasteiger partial charge >= 0.3 is 0 Å². The lowest BCUT2D eigenvalue weighted by Gasteiger charge is -2.17. The Morgan fingerprint density at radius 2 is 1.75 bits per heavy atom. The molecule has 0 N–H and O–H groups in total. The molecule has 0 aromatic heterocycles. The monoisotopic (exact) mass is 384 g/mol. The van der Waals surface area contributed by atoms with E-state index in [1.165, 1.54) is 10.9 Å². The van der Waals surface area contributed by atoms with E-state index in [-0.39, 0.29) is 6.29 Å². The molecule has 3 heteroatoms. The van der Waals surface area contributed by atoms with Gasteiger partial charge in [0.05, 0.1) is 0 Å². The van der Waals surface area contributed by atoms with Gasteiger partial charge in [-0.1, -0.05) is 59.8 Å². The summed E-state index contributed by atoms with van der Waals surface area (Å²) < 4.78 is 11.9. The molecule has 0 saturated carbocycles. The summed E-state index contributed by atoms with van der Waals surface area (Å²) in [5, 5.41) is 2.43. The molecule has 0 amide bonds. The molecule has 108 valence electrons. The van der Waals surface area contributed by atoms with E-state index in [0.29, 0.717) is 10.5 Å². The second-order valence-electron chi connectivity index (χ2n) is 4.72. The highest BCUT2D eigenvalue weighted by molar-refractivity contribution is 14.1. The summed E-state index contributed by atoms with van der Waals surface area (Å²) in [5.41, 5.74) is 1.38. The number of ether oxygens (including phenoxy) is 2. The third-order valence-electron chi connectivity index (χ3n) is 3.31. The van der Waals surface area contributed by atoms with Crippen molar-refractivity contribution in [3.8, 4) is 5.75 Å². The van der Waals surface area contributed by atoms with E-state index in [0.717, 1.165) is 17.6 Å². The Labute approximate surface area is 134 Å². The molecule has 2 atom stereocenters. The van der Waals surface area contributed by atoms with Crippen molar-refractivity contribution >= 4 is 33.4 Å². The quantitative estimate of drug-likeness (QED) is 0.373. The van der Waals surface area contributed by atoms with Crippen LogP contribution < -0.4 is 4.74 Å². The van der Waals surface area contributed by atoms with Crippen LogP contribution in [0.25, 0.3) is 10.8 Å². The van der Waals surface area contributed by atoms with Gasteiger partial charge in [-0.15, -0.1) is 0 Å². The number of alkyl halides is 1. The fraction of sp³-hybridized carbons (Fsp3) is 0.412.